The van der Waals surface area contributed by atoms with Crippen molar-refractivity contribution in [3.05, 3.63) is 17.5 Å². The van der Waals surface area contributed by atoms with Crippen LogP contribution in [0, 0.1) is 0 Å². The fourth-order valence-electron chi connectivity index (χ4n) is 2.06. The highest BCUT2D eigenvalue weighted by Crippen LogP contribution is 2.11. The van der Waals surface area contributed by atoms with Gasteiger partial charge in [-0.15, -0.1) is 0 Å². The van der Waals surface area contributed by atoms with Gasteiger partial charge in [-0.25, -0.2) is 0 Å². The van der Waals surface area contributed by atoms with Crippen LogP contribution in [0.5, 0.6) is 0 Å². The molecule has 1 saturated heterocycles. The minimum atomic E-state index is -0.0320. The van der Waals surface area contributed by atoms with Crippen molar-refractivity contribution >= 4 is 0 Å². The lowest BCUT2D eigenvalue weighted by Crippen LogP contribution is -2.45. The van der Waals surface area contributed by atoms with Gasteiger partial charge >= 0.3 is 0 Å². The average molecular weight is 239 g/mol. The van der Waals surface area contributed by atoms with E-state index in [2.05, 4.69) is 18.1 Å². The van der Waals surface area contributed by atoms with E-state index in [-0.39, 0.29) is 12.1 Å². The van der Waals surface area contributed by atoms with Crippen LogP contribution in [0.1, 0.15) is 18.3 Å². The van der Waals surface area contributed by atoms with Gasteiger partial charge in [0, 0.05) is 25.2 Å². The molecule has 1 aliphatic heterocycles. The summed E-state index contributed by atoms with van der Waals surface area (Å²) in [6.45, 7) is 4.02. The predicted molar refractivity (Wildman–Crippen MR) is 64.8 cm³/mol. The Morgan fingerprint density at radius 1 is 1.59 bits per heavy atom. The number of aromatic nitrogens is 2. The van der Waals surface area contributed by atoms with Crippen LogP contribution >= 0.6 is 0 Å². The molecule has 0 radical (unpaired) electrons. The molecule has 2 heterocycles. The number of nitrogens with two attached hydrogens (primary N) is 1. The van der Waals surface area contributed by atoms with E-state index in [0.717, 1.165) is 24.2 Å². The standard InChI is InChI=1S/C12H21N3O2/c1-3-9-6-10(15(2)14-9)7-11(13)12-8-16-4-5-17-12/h6,11-12H,3-5,7-8,13H2,1-2H3. The monoisotopic (exact) mass is 239 g/mol. The number of ether oxygens (including phenoxy) is 2. The Balaban J connectivity index is 1.96. The highest BCUT2D eigenvalue weighted by Gasteiger charge is 2.23. The van der Waals surface area contributed by atoms with Crippen LogP contribution in [0.15, 0.2) is 6.07 Å². The van der Waals surface area contributed by atoms with E-state index in [1.54, 1.807) is 0 Å². The van der Waals surface area contributed by atoms with Crippen LogP contribution < -0.4 is 5.73 Å². The third-order valence-corrected chi connectivity index (χ3v) is 3.15. The molecule has 5 heteroatoms. The van der Waals surface area contributed by atoms with Crippen molar-refractivity contribution in [3.8, 4) is 0 Å². The molecule has 2 atom stereocenters. The second-order valence-corrected chi connectivity index (χ2v) is 4.46. The van der Waals surface area contributed by atoms with Gasteiger partial charge < -0.3 is 15.2 Å². The first-order valence-electron chi connectivity index (χ1n) is 6.17. The van der Waals surface area contributed by atoms with Crippen LogP contribution in [-0.4, -0.2) is 41.7 Å². The summed E-state index contributed by atoms with van der Waals surface area (Å²) in [4.78, 5) is 0. The second kappa shape index (κ2) is 5.62. The van der Waals surface area contributed by atoms with Gasteiger partial charge in [-0.1, -0.05) is 6.92 Å². The fourth-order valence-corrected chi connectivity index (χ4v) is 2.06. The van der Waals surface area contributed by atoms with Crippen LogP contribution in [0.25, 0.3) is 0 Å². The zero-order valence-corrected chi connectivity index (χ0v) is 10.6. The predicted octanol–water partition coefficient (Wildman–Crippen LogP) is 0.268. The molecular formula is C12H21N3O2. The molecule has 0 bridgehead atoms. The van der Waals surface area contributed by atoms with Crippen molar-refractivity contribution in [1.29, 1.82) is 0 Å². The zero-order valence-electron chi connectivity index (χ0n) is 10.6. The number of nitrogens with zero attached hydrogens (tertiary/aromatic N) is 2. The molecule has 96 valence electrons. The first-order chi connectivity index (χ1) is 8.20. The summed E-state index contributed by atoms with van der Waals surface area (Å²) in [5.41, 5.74) is 8.42. The number of aryl methyl sites for hydroxylation is 2. The van der Waals surface area contributed by atoms with Gasteiger partial charge in [-0.3, -0.25) is 4.68 Å². The molecule has 5 nitrogen and oxygen atoms in total. The van der Waals surface area contributed by atoms with E-state index in [0.29, 0.717) is 19.8 Å². The number of hydrogen-bond acceptors (Lipinski definition) is 4. The molecule has 2 unspecified atom stereocenters. The topological polar surface area (TPSA) is 62.3 Å². The van der Waals surface area contributed by atoms with Gasteiger partial charge in [-0.2, -0.15) is 5.10 Å². The Labute approximate surface area is 102 Å². The Hall–Kier alpha value is -0.910. The molecule has 1 aliphatic rings. The Morgan fingerprint density at radius 3 is 3.00 bits per heavy atom. The Morgan fingerprint density at radius 2 is 2.41 bits per heavy atom. The molecule has 0 aromatic carbocycles. The highest BCUT2D eigenvalue weighted by molar-refractivity contribution is 5.11. The van der Waals surface area contributed by atoms with Gasteiger partial charge in [0.15, 0.2) is 0 Å². The molecule has 1 aromatic heterocycles. The van der Waals surface area contributed by atoms with Gasteiger partial charge in [0.05, 0.1) is 31.6 Å². The zero-order chi connectivity index (χ0) is 12.3. The molecule has 1 aromatic rings. The first-order valence-corrected chi connectivity index (χ1v) is 6.17. The lowest BCUT2D eigenvalue weighted by atomic mass is 10.1. The largest absolute Gasteiger partial charge is 0.376 e. The molecule has 17 heavy (non-hydrogen) atoms. The molecule has 0 amide bonds. The minimum Gasteiger partial charge on any atom is -0.376 e. The third-order valence-electron chi connectivity index (χ3n) is 3.15. The van der Waals surface area contributed by atoms with E-state index < -0.39 is 0 Å². The fraction of sp³-hybridized carbons (Fsp3) is 0.750. The summed E-state index contributed by atoms with van der Waals surface area (Å²) in [5.74, 6) is 0. The number of hydrogen-bond donors (Lipinski definition) is 1. The lowest BCUT2D eigenvalue weighted by Gasteiger charge is -2.27. The minimum absolute atomic E-state index is 0.00345. The quantitative estimate of drug-likeness (QED) is 0.819. The average Bonchev–Trinajstić information content (AvgIpc) is 2.71. The maximum atomic E-state index is 6.15. The van der Waals surface area contributed by atoms with Gasteiger partial charge in [0.25, 0.3) is 0 Å². The Kier molecular flexibility index (Phi) is 4.15. The van der Waals surface area contributed by atoms with E-state index in [4.69, 9.17) is 15.2 Å². The van der Waals surface area contributed by atoms with Crippen molar-refractivity contribution in [2.24, 2.45) is 12.8 Å². The summed E-state index contributed by atoms with van der Waals surface area (Å²) in [7, 11) is 1.96. The van der Waals surface area contributed by atoms with Crippen molar-refractivity contribution in [2.75, 3.05) is 19.8 Å². The summed E-state index contributed by atoms with van der Waals surface area (Å²) in [5, 5.41) is 4.42. The van der Waals surface area contributed by atoms with Crippen molar-refractivity contribution in [1.82, 2.24) is 9.78 Å². The third kappa shape index (κ3) is 3.06. The highest BCUT2D eigenvalue weighted by atomic mass is 16.6. The molecular weight excluding hydrogens is 218 g/mol. The van der Waals surface area contributed by atoms with E-state index in [9.17, 15) is 0 Å². The van der Waals surface area contributed by atoms with Crippen LogP contribution in [0.4, 0.5) is 0 Å². The van der Waals surface area contributed by atoms with E-state index in [1.807, 2.05) is 11.7 Å². The van der Waals surface area contributed by atoms with Crippen LogP contribution in [0.2, 0.25) is 0 Å². The normalized spacial score (nSPS) is 22.6. The van der Waals surface area contributed by atoms with Crippen molar-refractivity contribution in [3.63, 3.8) is 0 Å². The molecule has 0 spiro atoms. The molecule has 2 rings (SSSR count). The van der Waals surface area contributed by atoms with Crippen LogP contribution in [0.3, 0.4) is 0 Å². The molecule has 0 saturated carbocycles. The van der Waals surface area contributed by atoms with Crippen molar-refractivity contribution in [2.45, 2.75) is 31.9 Å². The summed E-state index contributed by atoms with van der Waals surface area (Å²) in [6.07, 6.45) is 1.73. The van der Waals surface area contributed by atoms with Crippen molar-refractivity contribution < 1.29 is 9.47 Å². The van der Waals surface area contributed by atoms with E-state index in [1.165, 1.54) is 0 Å². The lowest BCUT2D eigenvalue weighted by molar-refractivity contribution is -0.0969. The van der Waals surface area contributed by atoms with Gasteiger partial charge in [0.1, 0.15) is 0 Å². The SMILES string of the molecule is CCc1cc(CC(N)C2COCCO2)n(C)n1. The van der Waals surface area contributed by atoms with Gasteiger partial charge in [0.2, 0.25) is 0 Å². The second-order valence-electron chi connectivity index (χ2n) is 4.46. The molecule has 2 N–H and O–H groups in total. The van der Waals surface area contributed by atoms with Crippen LogP contribution in [-0.2, 0) is 29.4 Å². The maximum absolute atomic E-state index is 6.15. The molecule has 0 aliphatic carbocycles. The first kappa shape index (κ1) is 12.5. The maximum Gasteiger partial charge on any atom is 0.0963 e. The van der Waals surface area contributed by atoms with E-state index >= 15 is 0 Å². The smallest absolute Gasteiger partial charge is 0.0963 e. The summed E-state index contributed by atoms with van der Waals surface area (Å²) in [6, 6.07) is 2.08. The summed E-state index contributed by atoms with van der Waals surface area (Å²) < 4.78 is 12.9. The van der Waals surface area contributed by atoms with Gasteiger partial charge in [-0.05, 0) is 12.5 Å². The number of rotatable bonds is 4. The molecule has 1 fully saturated rings. The Bertz CT molecular complexity index is 359. The summed E-state index contributed by atoms with van der Waals surface area (Å²) >= 11 is 0.